The van der Waals surface area contributed by atoms with Gasteiger partial charge in [-0.3, -0.25) is 4.90 Å². The highest BCUT2D eigenvalue weighted by atomic mass is 28.3. The Bertz CT molecular complexity index is 1550. The first-order chi connectivity index (χ1) is 21.7. The van der Waals surface area contributed by atoms with Crippen molar-refractivity contribution in [3.63, 3.8) is 0 Å². The first-order valence-electron chi connectivity index (χ1n) is 16.5. The minimum absolute atomic E-state index is 0.269. The summed E-state index contributed by atoms with van der Waals surface area (Å²) in [5.41, 5.74) is 4.39. The zero-order chi connectivity index (χ0) is 33.1. The van der Waals surface area contributed by atoms with Gasteiger partial charge in [-0.1, -0.05) is 31.8 Å². The van der Waals surface area contributed by atoms with E-state index >= 15 is 0 Å². The Kier molecular flexibility index (Phi) is 10.1. The molecule has 1 fully saturated rings. The number of aromatic nitrogens is 3. The van der Waals surface area contributed by atoms with Crippen molar-refractivity contribution in [2.75, 3.05) is 49.7 Å². The molecule has 5 heterocycles. The molecule has 5 rings (SSSR count). The van der Waals surface area contributed by atoms with E-state index in [2.05, 4.69) is 72.7 Å². The third kappa shape index (κ3) is 8.48. The molecular weight excluding hydrogens is 597 g/mol. The molecule has 2 aliphatic rings. The van der Waals surface area contributed by atoms with Gasteiger partial charge in [-0.25, -0.2) is 14.8 Å². The Morgan fingerprint density at radius 3 is 2.65 bits per heavy atom. The highest BCUT2D eigenvalue weighted by molar-refractivity contribution is 6.76. The summed E-state index contributed by atoms with van der Waals surface area (Å²) in [5.74, 6) is 0.908. The molecule has 250 valence electrons. The topological polar surface area (TPSA) is 94.0 Å². The highest BCUT2D eigenvalue weighted by Gasteiger charge is 2.39. The monoisotopic (exact) mass is 648 g/mol. The van der Waals surface area contributed by atoms with Crippen molar-refractivity contribution in [1.29, 1.82) is 0 Å². The largest absolute Gasteiger partial charge is 0.444 e. The van der Waals surface area contributed by atoms with E-state index in [4.69, 9.17) is 24.2 Å². The fourth-order valence-electron chi connectivity index (χ4n) is 5.95. The smallest absolute Gasteiger partial charge is 0.410 e. The molecule has 2 aliphatic heterocycles. The maximum Gasteiger partial charge on any atom is 0.410 e. The molecule has 1 amide bonds. The van der Waals surface area contributed by atoms with E-state index < -0.39 is 19.2 Å². The Hall–Kier alpha value is -3.41. The molecule has 3 aromatic heterocycles. The number of rotatable bonds is 10. The average Bonchev–Trinajstić information content (AvgIpc) is 3.36. The molecule has 1 saturated heterocycles. The van der Waals surface area contributed by atoms with Gasteiger partial charge in [0.05, 0.1) is 31.0 Å². The van der Waals surface area contributed by atoms with E-state index in [-0.39, 0.29) is 6.09 Å². The minimum atomic E-state index is -1.17. The second-order valence-corrected chi connectivity index (χ2v) is 20.8. The van der Waals surface area contributed by atoms with E-state index in [1.807, 2.05) is 44.0 Å². The predicted octanol–water partition coefficient (Wildman–Crippen LogP) is 7.00. The Morgan fingerprint density at radius 1 is 1.15 bits per heavy atom. The molecule has 10 nitrogen and oxygen atoms in total. The lowest BCUT2D eigenvalue weighted by molar-refractivity contribution is 0.000302. The van der Waals surface area contributed by atoms with Crippen LogP contribution in [0, 0.1) is 0 Å². The van der Waals surface area contributed by atoms with Gasteiger partial charge in [0.1, 0.15) is 23.8 Å². The lowest BCUT2D eigenvalue weighted by atomic mass is 9.99. The minimum Gasteiger partial charge on any atom is -0.444 e. The summed E-state index contributed by atoms with van der Waals surface area (Å²) in [5, 5.41) is 4.77. The molecule has 46 heavy (non-hydrogen) atoms. The fraction of sp³-hybridized carbons (Fsp3) is 0.571. The number of carbonyl (C=O) groups excluding carboxylic acids is 1. The van der Waals surface area contributed by atoms with Crippen LogP contribution in [-0.2, 0) is 27.5 Å². The summed E-state index contributed by atoms with van der Waals surface area (Å²) in [4.78, 5) is 26.8. The van der Waals surface area contributed by atoms with Crippen LogP contribution in [0.1, 0.15) is 52.3 Å². The van der Waals surface area contributed by atoms with Crippen molar-refractivity contribution >= 4 is 42.3 Å². The lowest BCUT2D eigenvalue weighted by Crippen LogP contribution is -2.62. The number of pyridine rings is 2. The van der Waals surface area contributed by atoms with Gasteiger partial charge in [-0.05, 0) is 70.9 Å². The van der Waals surface area contributed by atoms with Crippen LogP contribution in [-0.4, -0.2) is 84.2 Å². The predicted molar refractivity (Wildman–Crippen MR) is 188 cm³/mol. The molecule has 0 radical (unpaired) electrons. The van der Waals surface area contributed by atoms with E-state index in [9.17, 15) is 4.79 Å². The number of ether oxygens (including phenoxy) is 3. The number of amides is 1. The van der Waals surface area contributed by atoms with Crippen LogP contribution in [0.2, 0.25) is 25.7 Å². The van der Waals surface area contributed by atoms with Crippen molar-refractivity contribution in [3.8, 4) is 0 Å². The molecule has 0 unspecified atom stereocenters. The highest BCUT2D eigenvalue weighted by Crippen LogP contribution is 2.35. The quantitative estimate of drug-likeness (QED) is 0.186. The van der Waals surface area contributed by atoms with Crippen molar-refractivity contribution in [3.05, 3.63) is 54.0 Å². The van der Waals surface area contributed by atoms with Gasteiger partial charge in [0, 0.05) is 63.3 Å². The summed E-state index contributed by atoms with van der Waals surface area (Å²) in [6, 6.07) is 9.33. The van der Waals surface area contributed by atoms with Crippen LogP contribution in [0.25, 0.3) is 16.6 Å². The van der Waals surface area contributed by atoms with Crippen LogP contribution in [0.4, 0.5) is 16.3 Å². The van der Waals surface area contributed by atoms with Crippen LogP contribution >= 0.6 is 0 Å². The Balaban J connectivity index is 1.32. The molecule has 0 atom stereocenters. The third-order valence-corrected chi connectivity index (χ3v) is 10.1. The maximum atomic E-state index is 12.9. The van der Waals surface area contributed by atoms with E-state index in [0.717, 1.165) is 47.3 Å². The summed E-state index contributed by atoms with van der Waals surface area (Å²) >= 11 is 0. The molecule has 0 aromatic carbocycles. The van der Waals surface area contributed by atoms with Gasteiger partial charge in [0.25, 0.3) is 0 Å². The van der Waals surface area contributed by atoms with Crippen LogP contribution in [0.15, 0.2) is 42.7 Å². The summed E-state index contributed by atoms with van der Waals surface area (Å²) in [7, 11) is -1.17. The summed E-state index contributed by atoms with van der Waals surface area (Å²) in [6.45, 7) is 22.0. The van der Waals surface area contributed by atoms with Crippen LogP contribution in [0.3, 0.4) is 0 Å². The lowest BCUT2D eigenvalue weighted by Gasteiger charge is -2.47. The van der Waals surface area contributed by atoms with Crippen LogP contribution < -0.4 is 10.2 Å². The number of nitrogens with one attached hydrogen (secondary N) is 1. The molecule has 1 N–H and O–H groups in total. The number of nitrogens with zero attached hydrogens (tertiary/aromatic N) is 5. The summed E-state index contributed by atoms with van der Waals surface area (Å²) in [6.07, 6.45) is 6.83. The number of fused-ring (bicyclic) bond motifs is 1. The SMILES string of the molecule is CC(C)(C)OC(=O)N1CCN(c2cccc(CNc3ccnc4c3c(C3=CCOCC3)cn4COCC[Si](C)(C)C)n2)CC1(C)C. The van der Waals surface area contributed by atoms with Crippen molar-refractivity contribution in [2.45, 2.75) is 91.1 Å². The second-order valence-electron chi connectivity index (χ2n) is 15.2. The number of anilines is 2. The van der Waals surface area contributed by atoms with Crippen molar-refractivity contribution in [2.24, 2.45) is 0 Å². The van der Waals surface area contributed by atoms with Crippen LogP contribution in [0.5, 0.6) is 0 Å². The molecule has 0 aliphatic carbocycles. The van der Waals surface area contributed by atoms with Gasteiger partial charge in [-0.2, -0.15) is 0 Å². The van der Waals surface area contributed by atoms with E-state index in [0.29, 0.717) is 46.1 Å². The average molecular weight is 649 g/mol. The number of hydrogen-bond acceptors (Lipinski definition) is 8. The summed E-state index contributed by atoms with van der Waals surface area (Å²) < 4.78 is 19.6. The number of carbonyl (C=O) groups is 1. The zero-order valence-corrected chi connectivity index (χ0v) is 30.0. The molecule has 11 heteroatoms. The van der Waals surface area contributed by atoms with Crippen molar-refractivity contribution in [1.82, 2.24) is 19.4 Å². The molecule has 0 spiro atoms. The Morgan fingerprint density at radius 2 is 1.96 bits per heavy atom. The molecule has 0 saturated carbocycles. The fourth-order valence-corrected chi connectivity index (χ4v) is 6.71. The first kappa shape index (κ1) is 33.9. The van der Waals surface area contributed by atoms with Gasteiger partial charge in [0.2, 0.25) is 0 Å². The molecule has 0 bridgehead atoms. The number of hydrogen-bond donors (Lipinski definition) is 1. The van der Waals surface area contributed by atoms with Crippen molar-refractivity contribution < 1.29 is 19.0 Å². The molecule has 3 aromatic rings. The first-order valence-corrected chi connectivity index (χ1v) is 20.2. The number of piperazine rings is 1. The standard InChI is InChI=1S/C35H52N6O4Si/c1-34(2,3)45-33(42)41-17-16-39(24-35(41,4)5)30-11-9-10-27(38-30)22-37-29-12-15-36-32-31(29)28(26-13-18-43-19-14-26)23-40(32)25-44-20-21-46(6,7)8/h9-13,15,23H,14,16-22,24-25H2,1-8H3,(H,36,37). The van der Waals surface area contributed by atoms with Gasteiger partial charge in [-0.15, -0.1) is 0 Å². The van der Waals surface area contributed by atoms with Gasteiger partial charge in [0.15, 0.2) is 0 Å². The molecular formula is C35H52N6O4Si. The van der Waals surface area contributed by atoms with E-state index in [1.165, 1.54) is 11.1 Å². The zero-order valence-electron chi connectivity index (χ0n) is 29.0. The van der Waals surface area contributed by atoms with Gasteiger partial charge < -0.3 is 29.0 Å². The van der Waals surface area contributed by atoms with E-state index in [1.54, 1.807) is 0 Å². The van der Waals surface area contributed by atoms with Gasteiger partial charge >= 0.3 is 6.09 Å². The second kappa shape index (κ2) is 13.7. The third-order valence-electron chi connectivity index (χ3n) is 8.39. The maximum absolute atomic E-state index is 12.9. The normalized spacial score (nSPS) is 17.3. The Labute approximate surface area is 275 Å².